The van der Waals surface area contributed by atoms with Crippen LogP contribution < -0.4 is 0 Å². The molecule has 1 heterocycles. The summed E-state index contributed by atoms with van der Waals surface area (Å²) in [7, 11) is 0. The summed E-state index contributed by atoms with van der Waals surface area (Å²) in [6.07, 6.45) is 0. The largest absolute Gasteiger partial charge is 0.463 e. The van der Waals surface area contributed by atoms with Crippen molar-refractivity contribution in [3.05, 3.63) is 35.2 Å². The highest BCUT2D eigenvalue weighted by Crippen LogP contribution is 2.31. The van der Waals surface area contributed by atoms with Crippen LogP contribution >= 0.6 is 11.3 Å². The molecule has 13 heavy (non-hydrogen) atoms. The van der Waals surface area contributed by atoms with Gasteiger partial charge in [-0.3, -0.25) is 4.79 Å². The van der Waals surface area contributed by atoms with Crippen molar-refractivity contribution in [2.75, 3.05) is 0 Å². The highest BCUT2D eigenvalue weighted by atomic mass is 32.1. The van der Waals surface area contributed by atoms with Crippen molar-refractivity contribution in [2.45, 2.75) is 6.61 Å². The van der Waals surface area contributed by atoms with Crippen LogP contribution in [0, 0.1) is 0 Å². The minimum atomic E-state index is 0.369. The highest BCUT2D eigenvalue weighted by Gasteiger charge is 2.08. The van der Waals surface area contributed by atoms with Crippen molar-refractivity contribution in [3.63, 3.8) is 0 Å². The van der Waals surface area contributed by atoms with Gasteiger partial charge in [-0.2, -0.15) is 0 Å². The molecular weight excluding hydrogens is 184 g/mol. The fourth-order valence-corrected chi connectivity index (χ4v) is 2.13. The highest BCUT2D eigenvalue weighted by molar-refractivity contribution is 7.13. The van der Waals surface area contributed by atoms with Gasteiger partial charge in [0.15, 0.2) is 0 Å². The molecule has 0 spiro atoms. The fourth-order valence-electron chi connectivity index (χ4n) is 1.29. The second kappa shape index (κ2) is 3.58. The lowest BCUT2D eigenvalue weighted by molar-refractivity contribution is -0.129. The van der Waals surface area contributed by atoms with Gasteiger partial charge in [0.1, 0.15) is 6.61 Å². The second-order valence-corrected chi connectivity index (χ2v) is 3.58. The third-order valence-electron chi connectivity index (χ3n) is 1.87. The Balaban J connectivity index is 2.32. The van der Waals surface area contributed by atoms with E-state index in [4.69, 9.17) is 4.74 Å². The van der Waals surface area contributed by atoms with Gasteiger partial charge in [-0.25, -0.2) is 0 Å². The lowest BCUT2D eigenvalue weighted by Gasteiger charge is -2.00. The first-order valence-corrected chi connectivity index (χ1v) is 4.80. The van der Waals surface area contributed by atoms with E-state index in [1.807, 2.05) is 23.6 Å². The average Bonchev–Trinajstić information content (AvgIpc) is 2.58. The Labute approximate surface area is 80.1 Å². The van der Waals surface area contributed by atoms with Crippen LogP contribution in [0.3, 0.4) is 0 Å². The van der Waals surface area contributed by atoms with E-state index in [0.717, 1.165) is 5.56 Å². The molecule has 0 atom stereocenters. The molecule has 0 saturated heterocycles. The molecule has 2 aliphatic rings. The zero-order chi connectivity index (χ0) is 9.10. The van der Waals surface area contributed by atoms with Gasteiger partial charge >= 0.3 is 0 Å². The van der Waals surface area contributed by atoms with Gasteiger partial charge in [-0.15, -0.1) is 11.3 Å². The molecule has 0 amide bonds. The number of hydrogen-bond donors (Lipinski definition) is 0. The van der Waals surface area contributed by atoms with Gasteiger partial charge in [0.2, 0.25) is 0 Å². The van der Waals surface area contributed by atoms with E-state index in [2.05, 4.69) is 6.07 Å². The van der Waals surface area contributed by atoms with Crippen molar-refractivity contribution in [1.82, 2.24) is 0 Å². The summed E-state index contributed by atoms with van der Waals surface area (Å²) < 4.78 is 4.71. The molecule has 0 aromatic heterocycles. The molecule has 66 valence electrons. The van der Waals surface area contributed by atoms with Gasteiger partial charge in [0.25, 0.3) is 6.47 Å². The summed E-state index contributed by atoms with van der Waals surface area (Å²) in [5.74, 6) is 0. The van der Waals surface area contributed by atoms with E-state index in [-0.39, 0.29) is 0 Å². The fraction of sp³-hybridized carbons (Fsp3) is 0.100. The Morgan fingerprint density at radius 2 is 2.31 bits per heavy atom. The van der Waals surface area contributed by atoms with Crippen molar-refractivity contribution < 1.29 is 9.53 Å². The van der Waals surface area contributed by atoms with Crippen LogP contribution in [0.25, 0.3) is 10.4 Å². The summed E-state index contributed by atoms with van der Waals surface area (Å²) >= 11 is 1.66. The number of hydrogen-bond acceptors (Lipinski definition) is 3. The minimum absolute atomic E-state index is 0.369. The minimum Gasteiger partial charge on any atom is -0.463 e. The summed E-state index contributed by atoms with van der Waals surface area (Å²) in [4.78, 5) is 11.2. The zero-order valence-electron chi connectivity index (χ0n) is 6.90. The number of fused-ring (bicyclic) bond motifs is 1. The summed E-state index contributed by atoms with van der Waals surface area (Å²) in [5, 5.41) is 2.02. The molecule has 0 bridgehead atoms. The maximum absolute atomic E-state index is 10.0. The van der Waals surface area contributed by atoms with Gasteiger partial charge in [0.05, 0.1) is 0 Å². The lowest BCUT2D eigenvalue weighted by Crippen LogP contribution is -1.88. The van der Waals surface area contributed by atoms with Crippen LogP contribution in [-0.2, 0) is 16.1 Å². The quantitative estimate of drug-likeness (QED) is 0.698. The third-order valence-corrected chi connectivity index (χ3v) is 2.89. The maximum Gasteiger partial charge on any atom is 0.293 e. The topological polar surface area (TPSA) is 26.3 Å². The van der Waals surface area contributed by atoms with Crippen LogP contribution in [0.4, 0.5) is 0 Å². The number of carbonyl (C=O) groups excluding carboxylic acids is 1. The Morgan fingerprint density at radius 1 is 1.38 bits per heavy atom. The van der Waals surface area contributed by atoms with E-state index in [1.165, 1.54) is 10.4 Å². The van der Waals surface area contributed by atoms with Crippen LogP contribution in [0.2, 0.25) is 0 Å². The molecule has 1 aliphatic heterocycles. The Bertz CT molecular complexity index is 381. The molecule has 0 aromatic rings. The van der Waals surface area contributed by atoms with Gasteiger partial charge in [-0.1, -0.05) is 24.3 Å². The predicted octanol–water partition coefficient (Wildman–Crippen LogP) is 2.53. The average molecular weight is 192 g/mol. The summed E-state index contributed by atoms with van der Waals surface area (Å²) in [6, 6.07) is 8.09. The van der Waals surface area contributed by atoms with Crippen molar-refractivity contribution in [2.24, 2.45) is 0 Å². The molecule has 0 N–H and O–H groups in total. The first-order valence-electron chi connectivity index (χ1n) is 3.92. The SMILES string of the molecule is O=COCc1ccc2cccsc1-2. The van der Waals surface area contributed by atoms with E-state index in [9.17, 15) is 4.79 Å². The van der Waals surface area contributed by atoms with Crippen LogP contribution in [0.1, 0.15) is 5.56 Å². The molecule has 0 aromatic carbocycles. The van der Waals surface area contributed by atoms with Gasteiger partial charge in [-0.05, 0) is 10.9 Å². The van der Waals surface area contributed by atoms with Gasteiger partial charge in [0, 0.05) is 10.4 Å². The Kier molecular flexibility index (Phi) is 2.27. The molecule has 1 aliphatic carbocycles. The lowest BCUT2D eigenvalue weighted by atomic mass is 10.2. The van der Waals surface area contributed by atoms with Crippen LogP contribution in [-0.4, -0.2) is 6.47 Å². The predicted molar refractivity (Wildman–Crippen MR) is 51.8 cm³/mol. The first kappa shape index (κ1) is 8.26. The van der Waals surface area contributed by atoms with E-state index in [1.54, 1.807) is 11.3 Å². The molecule has 3 heteroatoms. The Morgan fingerprint density at radius 3 is 3.15 bits per heavy atom. The third kappa shape index (κ3) is 1.55. The summed E-state index contributed by atoms with van der Waals surface area (Å²) in [6.45, 7) is 0.847. The molecular formula is C10H8O2S. The molecule has 2 rings (SSSR count). The monoisotopic (exact) mass is 192 g/mol. The number of carbonyl (C=O) groups is 1. The Hall–Kier alpha value is -1.35. The van der Waals surface area contributed by atoms with Crippen molar-refractivity contribution in [1.29, 1.82) is 0 Å². The van der Waals surface area contributed by atoms with Gasteiger partial charge < -0.3 is 4.74 Å². The zero-order valence-corrected chi connectivity index (χ0v) is 7.71. The number of ether oxygens (including phenoxy) is 1. The van der Waals surface area contributed by atoms with E-state index >= 15 is 0 Å². The second-order valence-electron chi connectivity index (χ2n) is 2.66. The van der Waals surface area contributed by atoms with Crippen LogP contribution in [0.15, 0.2) is 29.6 Å². The van der Waals surface area contributed by atoms with Crippen LogP contribution in [0.5, 0.6) is 0 Å². The smallest absolute Gasteiger partial charge is 0.293 e. The standard InChI is InChI=1S/C10H8O2S/c11-7-12-6-9-4-3-8-2-1-5-13-10(8)9/h1-5,7H,6H2. The first-order chi connectivity index (χ1) is 6.42. The van der Waals surface area contributed by atoms with E-state index in [0.29, 0.717) is 13.1 Å². The normalized spacial score (nSPS) is 10.2. The molecule has 2 nitrogen and oxygen atoms in total. The molecule has 0 saturated carbocycles. The molecule has 0 radical (unpaired) electrons. The molecule has 0 unspecified atom stereocenters. The summed E-state index contributed by atoms with van der Waals surface area (Å²) in [5.41, 5.74) is 2.28. The van der Waals surface area contributed by atoms with Crippen molar-refractivity contribution in [3.8, 4) is 10.4 Å². The molecule has 0 fully saturated rings. The number of rotatable bonds is 3. The van der Waals surface area contributed by atoms with E-state index < -0.39 is 0 Å². The maximum atomic E-state index is 10.0. The van der Waals surface area contributed by atoms with Crippen molar-refractivity contribution >= 4 is 17.8 Å².